The number of carbonyl (C=O) groups is 1. The lowest BCUT2D eigenvalue weighted by atomic mass is 10.0. The van der Waals surface area contributed by atoms with Gasteiger partial charge in [-0.05, 0) is 42.3 Å². The Kier molecular flexibility index (Phi) is 5.34. The molecular weight excluding hydrogens is 427 g/mol. The number of pyridine rings is 1. The SMILES string of the molecule is CC(C)c1c(C(=O)N2CCN(c3nc4cccnc4s3)CC2)cnn1-c1ccc(F)cc1. The van der Waals surface area contributed by atoms with E-state index in [1.54, 1.807) is 40.5 Å². The van der Waals surface area contributed by atoms with E-state index in [9.17, 15) is 9.18 Å². The molecule has 1 aliphatic rings. The Morgan fingerprint density at radius 2 is 1.84 bits per heavy atom. The average Bonchev–Trinajstić information content (AvgIpc) is 3.44. The first kappa shape index (κ1) is 20.6. The van der Waals surface area contributed by atoms with Gasteiger partial charge in [0.2, 0.25) is 0 Å². The van der Waals surface area contributed by atoms with Gasteiger partial charge in [-0.3, -0.25) is 4.79 Å². The van der Waals surface area contributed by atoms with Crippen LogP contribution in [0, 0.1) is 5.82 Å². The quantitative estimate of drug-likeness (QED) is 0.468. The first-order valence-corrected chi connectivity index (χ1v) is 11.4. The molecule has 0 unspecified atom stereocenters. The second kappa shape index (κ2) is 8.31. The first-order chi connectivity index (χ1) is 15.5. The number of halogens is 1. The van der Waals surface area contributed by atoms with E-state index in [0.717, 1.165) is 26.9 Å². The van der Waals surface area contributed by atoms with Crippen molar-refractivity contribution in [2.24, 2.45) is 0 Å². The fraction of sp³-hybridized carbons (Fsp3) is 0.304. The van der Waals surface area contributed by atoms with Crippen molar-refractivity contribution in [3.8, 4) is 5.69 Å². The van der Waals surface area contributed by atoms with Crippen molar-refractivity contribution in [2.75, 3.05) is 31.1 Å². The van der Waals surface area contributed by atoms with E-state index in [2.05, 4.69) is 20.0 Å². The van der Waals surface area contributed by atoms with Crippen molar-refractivity contribution in [3.05, 3.63) is 65.9 Å². The maximum absolute atomic E-state index is 13.4. The highest BCUT2D eigenvalue weighted by atomic mass is 32.1. The van der Waals surface area contributed by atoms with Crippen LogP contribution in [0.5, 0.6) is 0 Å². The van der Waals surface area contributed by atoms with Gasteiger partial charge in [-0.25, -0.2) is 19.0 Å². The van der Waals surface area contributed by atoms with Gasteiger partial charge in [-0.1, -0.05) is 25.2 Å². The number of benzene rings is 1. The van der Waals surface area contributed by atoms with Gasteiger partial charge in [0.15, 0.2) is 5.13 Å². The molecule has 5 rings (SSSR count). The van der Waals surface area contributed by atoms with Crippen molar-refractivity contribution in [3.63, 3.8) is 0 Å². The topological polar surface area (TPSA) is 67.2 Å². The van der Waals surface area contributed by atoms with Gasteiger partial charge in [-0.15, -0.1) is 0 Å². The fourth-order valence-electron chi connectivity index (χ4n) is 4.03. The minimum absolute atomic E-state index is 0.0207. The summed E-state index contributed by atoms with van der Waals surface area (Å²) in [6.07, 6.45) is 3.41. The summed E-state index contributed by atoms with van der Waals surface area (Å²) in [5.74, 6) is -0.240. The predicted octanol–water partition coefficient (Wildman–Crippen LogP) is 4.10. The maximum Gasteiger partial charge on any atom is 0.257 e. The zero-order valence-corrected chi connectivity index (χ0v) is 18.7. The van der Waals surface area contributed by atoms with E-state index in [1.807, 2.05) is 30.9 Å². The number of thiazole rings is 1. The minimum atomic E-state index is -0.301. The second-order valence-corrected chi connectivity index (χ2v) is 9.05. The molecule has 1 aliphatic heterocycles. The third-order valence-electron chi connectivity index (χ3n) is 5.65. The van der Waals surface area contributed by atoms with Crippen molar-refractivity contribution in [1.82, 2.24) is 24.6 Å². The summed E-state index contributed by atoms with van der Waals surface area (Å²) < 4.78 is 15.1. The summed E-state index contributed by atoms with van der Waals surface area (Å²) in [5, 5.41) is 5.40. The molecule has 0 spiro atoms. The van der Waals surface area contributed by atoms with Crippen LogP contribution in [0.1, 0.15) is 35.8 Å². The Hall–Kier alpha value is -3.33. The number of nitrogens with zero attached hydrogens (tertiary/aromatic N) is 6. The molecule has 0 atom stereocenters. The number of aromatic nitrogens is 4. The lowest BCUT2D eigenvalue weighted by molar-refractivity contribution is 0.0745. The number of hydrogen-bond acceptors (Lipinski definition) is 6. The third-order valence-corrected chi connectivity index (χ3v) is 6.69. The lowest BCUT2D eigenvalue weighted by Crippen LogP contribution is -2.49. The van der Waals surface area contributed by atoms with E-state index in [4.69, 9.17) is 0 Å². The number of fused-ring (bicyclic) bond motifs is 1. The van der Waals surface area contributed by atoms with Crippen LogP contribution in [0.4, 0.5) is 9.52 Å². The molecule has 7 nitrogen and oxygen atoms in total. The molecular formula is C23H23FN6OS. The molecule has 164 valence electrons. The number of carbonyl (C=O) groups excluding carboxylic acids is 1. The molecule has 1 saturated heterocycles. The number of piperazine rings is 1. The minimum Gasteiger partial charge on any atom is -0.344 e. The van der Waals surface area contributed by atoms with Gasteiger partial charge in [0, 0.05) is 32.4 Å². The Labute approximate surface area is 189 Å². The molecule has 1 amide bonds. The number of hydrogen-bond donors (Lipinski definition) is 0. The van der Waals surface area contributed by atoms with Gasteiger partial charge in [0.1, 0.15) is 16.2 Å². The Bertz CT molecular complexity index is 1220. The van der Waals surface area contributed by atoms with Crippen LogP contribution in [0.15, 0.2) is 48.8 Å². The standard InChI is InChI=1S/C23H23FN6OS/c1-15(2)20-18(14-26-30(20)17-7-5-16(24)6-8-17)22(31)28-10-12-29(13-11-28)23-27-19-4-3-9-25-21(19)32-23/h3-9,14-15H,10-13H2,1-2H3. The summed E-state index contributed by atoms with van der Waals surface area (Å²) in [7, 11) is 0. The van der Waals surface area contributed by atoms with Crippen molar-refractivity contribution in [1.29, 1.82) is 0 Å². The van der Waals surface area contributed by atoms with Crippen LogP contribution >= 0.6 is 11.3 Å². The van der Waals surface area contributed by atoms with Crippen LogP contribution in [0.25, 0.3) is 16.0 Å². The molecule has 0 N–H and O–H groups in total. The van der Waals surface area contributed by atoms with Crippen LogP contribution < -0.4 is 4.90 Å². The van der Waals surface area contributed by atoms with Crippen molar-refractivity contribution < 1.29 is 9.18 Å². The summed E-state index contributed by atoms with van der Waals surface area (Å²) in [6, 6.07) is 10.0. The third kappa shape index (κ3) is 3.73. The van der Waals surface area contributed by atoms with Gasteiger partial charge in [0.25, 0.3) is 5.91 Å². The van der Waals surface area contributed by atoms with Crippen LogP contribution in [0.3, 0.4) is 0 Å². The Morgan fingerprint density at radius 1 is 1.09 bits per heavy atom. The highest BCUT2D eigenvalue weighted by Crippen LogP contribution is 2.29. The predicted molar refractivity (Wildman–Crippen MR) is 123 cm³/mol. The summed E-state index contributed by atoms with van der Waals surface area (Å²) in [6.45, 7) is 6.73. The fourth-order valence-corrected chi connectivity index (χ4v) is 4.99. The van der Waals surface area contributed by atoms with Gasteiger partial charge >= 0.3 is 0 Å². The van der Waals surface area contributed by atoms with Gasteiger partial charge < -0.3 is 9.80 Å². The maximum atomic E-state index is 13.4. The highest BCUT2D eigenvalue weighted by Gasteiger charge is 2.28. The molecule has 3 aromatic heterocycles. The van der Waals surface area contributed by atoms with Crippen LogP contribution in [-0.2, 0) is 0 Å². The average molecular weight is 451 g/mol. The molecule has 9 heteroatoms. The van der Waals surface area contributed by atoms with E-state index < -0.39 is 0 Å². The molecule has 1 fully saturated rings. The highest BCUT2D eigenvalue weighted by molar-refractivity contribution is 7.21. The molecule has 1 aromatic carbocycles. The lowest BCUT2D eigenvalue weighted by Gasteiger charge is -2.34. The molecule has 0 aliphatic carbocycles. The molecule has 0 saturated carbocycles. The first-order valence-electron chi connectivity index (χ1n) is 10.6. The molecule has 4 heterocycles. The van der Waals surface area contributed by atoms with E-state index in [0.29, 0.717) is 31.7 Å². The monoisotopic (exact) mass is 450 g/mol. The molecule has 0 radical (unpaired) electrons. The zero-order valence-electron chi connectivity index (χ0n) is 17.9. The normalized spacial score (nSPS) is 14.5. The molecule has 0 bridgehead atoms. The smallest absolute Gasteiger partial charge is 0.257 e. The van der Waals surface area contributed by atoms with Gasteiger partial charge in [-0.2, -0.15) is 5.10 Å². The number of anilines is 1. The summed E-state index contributed by atoms with van der Waals surface area (Å²) in [5.41, 5.74) is 3.08. The van der Waals surface area contributed by atoms with Crippen LogP contribution in [-0.4, -0.2) is 56.7 Å². The van der Waals surface area contributed by atoms with E-state index >= 15 is 0 Å². The summed E-state index contributed by atoms with van der Waals surface area (Å²) in [4.78, 5) is 27.4. The van der Waals surface area contributed by atoms with E-state index in [-0.39, 0.29) is 17.6 Å². The second-order valence-electron chi connectivity index (χ2n) is 8.09. The van der Waals surface area contributed by atoms with Crippen molar-refractivity contribution >= 4 is 32.7 Å². The number of amides is 1. The Balaban J connectivity index is 1.34. The Morgan fingerprint density at radius 3 is 2.53 bits per heavy atom. The molecule has 4 aromatic rings. The van der Waals surface area contributed by atoms with Crippen LogP contribution in [0.2, 0.25) is 0 Å². The zero-order chi connectivity index (χ0) is 22.2. The van der Waals surface area contributed by atoms with Gasteiger partial charge in [0.05, 0.1) is 23.1 Å². The van der Waals surface area contributed by atoms with Crippen molar-refractivity contribution in [2.45, 2.75) is 19.8 Å². The molecule has 32 heavy (non-hydrogen) atoms. The largest absolute Gasteiger partial charge is 0.344 e. The van der Waals surface area contributed by atoms with E-state index in [1.165, 1.54) is 12.1 Å². The number of rotatable bonds is 4. The summed E-state index contributed by atoms with van der Waals surface area (Å²) >= 11 is 1.58.